The summed E-state index contributed by atoms with van der Waals surface area (Å²) >= 11 is 0. The van der Waals surface area contributed by atoms with E-state index in [0.717, 1.165) is 25.7 Å². The van der Waals surface area contributed by atoms with E-state index in [1.54, 1.807) is 24.3 Å². The number of carbonyl (C=O) groups is 1. The van der Waals surface area contributed by atoms with Crippen molar-refractivity contribution in [3.8, 4) is 5.75 Å². The predicted octanol–water partition coefficient (Wildman–Crippen LogP) is 4.02. The van der Waals surface area contributed by atoms with Crippen molar-refractivity contribution in [3.63, 3.8) is 0 Å². The summed E-state index contributed by atoms with van der Waals surface area (Å²) in [7, 11) is 0. The average molecular weight is 375 g/mol. The van der Waals surface area contributed by atoms with Crippen LogP contribution in [0.15, 0.2) is 24.3 Å². The lowest BCUT2D eigenvalue weighted by atomic mass is 9.73. The number of halogens is 1. The molecule has 0 aliphatic heterocycles. The molecule has 0 heterocycles. The molecule has 1 aromatic rings. The maximum Gasteiger partial charge on any atom is 0.409 e. The topological polar surface area (TPSA) is 105 Å². The Morgan fingerprint density at radius 3 is 2.28 bits per heavy atom. The molecule has 1 aliphatic rings. The first-order valence-corrected chi connectivity index (χ1v) is 8.42. The molecule has 0 unspecified atom stereocenters. The van der Waals surface area contributed by atoms with Crippen LogP contribution >= 0.6 is 12.4 Å². The summed E-state index contributed by atoms with van der Waals surface area (Å²) in [6.45, 7) is 6.19. The lowest BCUT2D eigenvalue weighted by molar-refractivity contribution is -0.0512. The fourth-order valence-corrected chi connectivity index (χ4v) is 2.75. The van der Waals surface area contributed by atoms with Crippen LogP contribution in [-0.2, 0) is 0 Å². The lowest BCUT2D eigenvalue weighted by Gasteiger charge is -2.42. The predicted molar refractivity (Wildman–Crippen MR) is 103 cm³/mol. The number of nitrogens with two attached hydrogens (primary N) is 1. The van der Waals surface area contributed by atoms with Crippen LogP contribution in [0.3, 0.4) is 0 Å². The van der Waals surface area contributed by atoms with Gasteiger partial charge in [-0.1, -0.05) is 31.4 Å². The highest BCUT2D eigenvalue weighted by molar-refractivity contribution is 5.85. The molecule has 0 radical (unpaired) electrons. The minimum absolute atomic E-state index is 0. The molecule has 2 rings (SSSR count). The molecule has 144 valence electrons. The third-order valence-electron chi connectivity index (χ3n) is 4.31. The molecule has 1 amide bonds. The summed E-state index contributed by atoms with van der Waals surface area (Å²) in [5, 5.41) is 20.8. The Bertz CT molecular complexity index is 526. The molecule has 6 nitrogen and oxygen atoms in total. The van der Waals surface area contributed by atoms with Gasteiger partial charge in [-0.05, 0) is 45.7 Å². The number of nitrogens with one attached hydrogen (secondary N) is 1. The average Bonchev–Trinajstić information content (AvgIpc) is 2.49. The number of hydrogen-bond donors (Lipinski definition) is 4. The molecule has 25 heavy (non-hydrogen) atoms. The summed E-state index contributed by atoms with van der Waals surface area (Å²) in [6.07, 6.45) is 4.15. The van der Waals surface area contributed by atoms with Gasteiger partial charge in [0.15, 0.2) is 0 Å². The third kappa shape index (κ3) is 7.50. The third-order valence-corrected chi connectivity index (χ3v) is 4.31. The molecule has 0 saturated heterocycles. The van der Waals surface area contributed by atoms with Gasteiger partial charge in [0, 0.05) is 5.54 Å². The van der Waals surface area contributed by atoms with E-state index in [1.165, 1.54) is 6.42 Å². The molecular weight excluding hydrogens is 344 g/mol. The lowest BCUT2D eigenvalue weighted by Crippen LogP contribution is -2.57. The van der Waals surface area contributed by atoms with E-state index in [2.05, 4.69) is 5.32 Å². The summed E-state index contributed by atoms with van der Waals surface area (Å²) in [5.74, 6) is 0.549. The van der Waals surface area contributed by atoms with Crippen molar-refractivity contribution >= 4 is 24.2 Å². The molecule has 5 N–H and O–H groups in total. The number of anilines is 1. The molecule has 1 saturated carbocycles. The van der Waals surface area contributed by atoms with Gasteiger partial charge in [-0.25, -0.2) is 4.79 Å². The van der Waals surface area contributed by atoms with Gasteiger partial charge in [0.05, 0.1) is 17.9 Å². The summed E-state index contributed by atoms with van der Waals surface area (Å²) < 4.78 is 5.21. The first-order chi connectivity index (χ1) is 11.2. The number of ether oxygens (including phenoxy) is 1. The zero-order valence-corrected chi connectivity index (χ0v) is 16.1. The van der Waals surface area contributed by atoms with Crippen molar-refractivity contribution in [2.45, 2.75) is 64.0 Å². The Kier molecular flexibility index (Phi) is 9.85. The van der Waals surface area contributed by atoms with E-state index < -0.39 is 17.2 Å². The van der Waals surface area contributed by atoms with Crippen LogP contribution in [0.2, 0.25) is 0 Å². The quantitative estimate of drug-likeness (QED) is 0.637. The molecule has 0 bridgehead atoms. The van der Waals surface area contributed by atoms with Crippen LogP contribution in [-0.4, -0.2) is 34.1 Å². The van der Waals surface area contributed by atoms with Crippen LogP contribution < -0.4 is 15.8 Å². The number of amides is 1. The van der Waals surface area contributed by atoms with Gasteiger partial charge in [-0.3, -0.25) is 5.32 Å². The highest BCUT2D eigenvalue weighted by Crippen LogP contribution is 2.35. The van der Waals surface area contributed by atoms with Crippen molar-refractivity contribution in [2.24, 2.45) is 5.73 Å². The minimum atomic E-state index is -1.09. The van der Waals surface area contributed by atoms with Gasteiger partial charge >= 0.3 is 6.09 Å². The largest absolute Gasteiger partial charge is 0.492 e. The summed E-state index contributed by atoms with van der Waals surface area (Å²) in [5.41, 5.74) is 5.32. The van der Waals surface area contributed by atoms with Gasteiger partial charge in [-0.15, -0.1) is 12.4 Å². The van der Waals surface area contributed by atoms with E-state index in [1.807, 2.05) is 20.8 Å². The molecule has 1 fully saturated rings. The maximum atomic E-state index is 10.4. The van der Waals surface area contributed by atoms with Gasteiger partial charge in [0.25, 0.3) is 0 Å². The number of aliphatic hydroxyl groups is 1. The van der Waals surface area contributed by atoms with Gasteiger partial charge in [0.1, 0.15) is 5.75 Å². The summed E-state index contributed by atoms with van der Waals surface area (Å²) in [4.78, 5) is 10.4. The fourth-order valence-electron chi connectivity index (χ4n) is 2.75. The summed E-state index contributed by atoms with van der Waals surface area (Å²) in [6, 6.07) is 6.90. The van der Waals surface area contributed by atoms with E-state index in [4.69, 9.17) is 15.6 Å². The van der Waals surface area contributed by atoms with Crippen molar-refractivity contribution < 1.29 is 19.7 Å². The van der Waals surface area contributed by atoms with Crippen molar-refractivity contribution in [3.05, 3.63) is 24.3 Å². The molecule has 7 heteroatoms. The Hall–Kier alpha value is -1.50. The second-order valence-corrected chi connectivity index (χ2v) is 6.67. The SMILES string of the molecule is CC(C)(N)C1(O)CCCCC1.CCOc1ccccc1NC(=O)O.Cl. The standard InChI is InChI=1S/C9H11NO3.C9H19NO.ClH/c1-2-13-8-6-4-3-5-7(8)10-9(11)12;1-8(2,10)9(11)6-4-3-5-7-9;/h3-6,10H,2H2,1H3,(H,11,12);11H,3-7,10H2,1-2H3;1H. The molecule has 0 atom stereocenters. The van der Waals surface area contributed by atoms with E-state index >= 15 is 0 Å². The van der Waals surface area contributed by atoms with Crippen molar-refractivity contribution in [1.29, 1.82) is 0 Å². The molecule has 1 aromatic carbocycles. The number of rotatable bonds is 4. The van der Waals surface area contributed by atoms with Crippen LogP contribution in [0.25, 0.3) is 0 Å². The number of para-hydroxylation sites is 2. The van der Waals surface area contributed by atoms with Crippen LogP contribution in [0.5, 0.6) is 5.75 Å². The molecule has 1 aliphatic carbocycles. The van der Waals surface area contributed by atoms with E-state index in [9.17, 15) is 9.90 Å². The number of benzene rings is 1. The fraction of sp³-hybridized carbons (Fsp3) is 0.611. The van der Waals surface area contributed by atoms with Crippen LogP contribution in [0.1, 0.15) is 52.9 Å². The van der Waals surface area contributed by atoms with Gasteiger partial charge in [-0.2, -0.15) is 0 Å². The van der Waals surface area contributed by atoms with Crippen molar-refractivity contribution in [1.82, 2.24) is 0 Å². The van der Waals surface area contributed by atoms with Crippen LogP contribution in [0, 0.1) is 0 Å². The Balaban J connectivity index is 0.000000449. The molecule has 0 aromatic heterocycles. The van der Waals surface area contributed by atoms with Gasteiger partial charge < -0.3 is 20.7 Å². The first kappa shape index (κ1) is 23.5. The Morgan fingerprint density at radius 2 is 1.84 bits per heavy atom. The normalized spacial score (nSPS) is 15.9. The zero-order valence-electron chi connectivity index (χ0n) is 15.2. The highest BCUT2D eigenvalue weighted by atomic mass is 35.5. The Labute approximate surface area is 156 Å². The zero-order chi connectivity index (χ0) is 18.2. The second kappa shape index (κ2) is 10.5. The number of carboxylic acid groups (broad SMARTS) is 1. The van der Waals surface area contributed by atoms with E-state index in [0.29, 0.717) is 18.0 Å². The van der Waals surface area contributed by atoms with E-state index in [-0.39, 0.29) is 12.4 Å². The number of hydrogen-bond acceptors (Lipinski definition) is 4. The maximum absolute atomic E-state index is 10.4. The highest BCUT2D eigenvalue weighted by Gasteiger charge is 2.40. The molecular formula is C18H31ClN2O4. The van der Waals surface area contributed by atoms with Gasteiger partial charge in [0.2, 0.25) is 0 Å². The molecule has 0 spiro atoms. The monoisotopic (exact) mass is 374 g/mol. The second-order valence-electron chi connectivity index (χ2n) is 6.67. The van der Waals surface area contributed by atoms with Crippen molar-refractivity contribution in [2.75, 3.05) is 11.9 Å². The minimum Gasteiger partial charge on any atom is -0.492 e. The first-order valence-electron chi connectivity index (χ1n) is 8.42. The van der Waals surface area contributed by atoms with Crippen LogP contribution in [0.4, 0.5) is 10.5 Å². The Morgan fingerprint density at radius 1 is 1.28 bits per heavy atom. The smallest absolute Gasteiger partial charge is 0.409 e.